The molecule has 0 spiro atoms. The fourth-order valence-corrected chi connectivity index (χ4v) is 1.75. The number of benzene rings is 1. The molecule has 20 heavy (non-hydrogen) atoms. The lowest BCUT2D eigenvalue weighted by molar-refractivity contribution is 0.271. The molecule has 0 atom stereocenters. The molecule has 2 rings (SSSR count). The molecule has 1 aromatic heterocycles. The van der Waals surface area contributed by atoms with Crippen LogP contribution in [0.15, 0.2) is 35.1 Å². The zero-order valence-corrected chi connectivity index (χ0v) is 11.7. The van der Waals surface area contributed by atoms with Gasteiger partial charge in [0, 0.05) is 17.7 Å². The van der Waals surface area contributed by atoms with Gasteiger partial charge in [-0.25, -0.2) is 5.10 Å². The summed E-state index contributed by atoms with van der Waals surface area (Å²) in [5.41, 5.74) is 7.37. The van der Waals surface area contributed by atoms with Crippen LogP contribution in [0.1, 0.15) is 19.4 Å². The first-order valence-electron chi connectivity index (χ1n) is 6.62. The summed E-state index contributed by atoms with van der Waals surface area (Å²) in [5, 5.41) is 6.51. The Bertz CT molecular complexity index is 635. The van der Waals surface area contributed by atoms with Crippen LogP contribution >= 0.6 is 0 Å². The summed E-state index contributed by atoms with van der Waals surface area (Å²) in [5.74, 6) is 1.26. The number of ether oxygens (including phenoxy) is 1. The van der Waals surface area contributed by atoms with Gasteiger partial charge in [0.1, 0.15) is 5.75 Å². The molecule has 0 unspecified atom stereocenters. The highest BCUT2D eigenvalue weighted by Crippen LogP contribution is 2.22. The molecule has 0 saturated heterocycles. The van der Waals surface area contributed by atoms with Crippen molar-refractivity contribution in [3.8, 4) is 17.0 Å². The first-order valence-corrected chi connectivity index (χ1v) is 6.62. The van der Waals surface area contributed by atoms with E-state index in [1.54, 1.807) is 6.07 Å². The van der Waals surface area contributed by atoms with Crippen molar-refractivity contribution in [2.24, 2.45) is 11.7 Å². The van der Waals surface area contributed by atoms with E-state index in [2.05, 4.69) is 24.0 Å². The minimum atomic E-state index is -0.247. The van der Waals surface area contributed by atoms with Crippen molar-refractivity contribution in [3.63, 3.8) is 0 Å². The molecule has 0 bridgehead atoms. The fraction of sp³-hybridized carbons (Fsp3) is 0.333. The highest BCUT2D eigenvalue weighted by Gasteiger charge is 2.06. The second-order valence-corrected chi connectivity index (χ2v) is 5.04. The largest absolute Gasteiger partial charge is 0.493 e. The van der Waals surface area contributed by atoms with Gasteiger partial charge in [-0.05, 0) is 24.1 Å². The van der Waals surface area contributed by atoms with E-state index < -0.39 is 0 Å². The van der Waals surface area contributed by atoms with Gasteiger partial charge < -0.3 is 10.5 Å². The first-order chi connectivity index (χ1) is 9.60. The molecule has 0 fully saturated rings. The van der Waals surface area contributed by atoms with Crippen LogP contribution in [0.5, 0.6) is 5.75 Å². The molecule has 0 aliphatic heterocycles. The molecule has 1 heterocycles. The third-order valence-corrected chi connectivity index (χ3v) is 2.81. The average molecular weight is 273 g/mol. The number of aromatic nitrogens is 2. The number of nitrogens with one attached hydrogen (secondary N) is 1. The SMILES string of the molecule is CC(C)COc1cccc(-c2cc(CN)c(=O)[nH]n2)c1. The van der Waals surface area contributed by atoms with Crippen LogP contribution in [0.4, 0.5) is 0 Å². The van der Waals surface area contributed by atoms with Gasteiger partial charge in [0.15, 0.2) is 0 Å². The van der Waals surface area contributed by atoms with E-state index in [1.807, 2.05) is 24.3 Å². The lowest BCUT2D eigenvalue weighted by Crippen LogP contribution is -2.17. The topological polar surface area (TPSA) is 81.0 Å². The predicted molar refractivity (Wildman–Crippen MR) is 78.5 cm³/mol. The van der Waals surface area contributed by atoms with E-state index in [4.69, 9.17) is 10.5 Å². The van der Waals surface area contributed by atoms with Gasteiger partial charge in [0.05, 0.1) is 12.3 Å². The van der Waals surface area contributed by atoms with Crippen molar-refractivity contribution >= 4 is 0 Å². The van der Waals surface area contributed by atoms with Crippen LogP contribution in [0, 0.1) is 5.92 Å². The van der Waals surface area contributed by atoms with Crippen molar-refractivity contribution in [1.29, 1.82) is 0 Å². The molecule has 0 amide bonds. The van der Waals surface area contributed by atoms with Gasteiger partial charge in [-0.2, -0.15) is 5.10 Å². The number of hydrogen-bond donors (Lipinski definition) is 2. The van der Waals surface area contributed by atoms with E-state index in [0.29, 0.717) is 23.8 Å². The Morgan fingerprint density at radius 1 is 1.35 bits per heavy atom. The van der Waals surface area contributed by atoms with Crippen molar-refractivity contribution in [2.75, 3.05) is 6.61 Å². The first kappa shape index (κ1) is 14.3. The third-order valence-electron chi connectivity index (χ3n) is 2.81. The maximum atomic E-state index is 11.5. The highest BCUT2D eigenvalue weighted by molar-refractivity contribution is 5.61. The number of H-pyrrole nitrogens is 1. The molecular formula is C15H19N3O2. The second kappa shape index (κ2) is 6.34. The van der Waals surface area contributed by atoms with Crippen LogP contribution in [0.2, 0.25) is 0 Å². The van der Waals surface area contributed by atoms with E-state index >= 15 is 0 Å². The van der Waals surface area contributed by atoms with Crippen molar-refractivity contribution in [1.82, 2.24) is 10.2 Å². The van der Waals surface area contributed by atoms with Crippen molar-refractivity contribution < 1.29 is 4.74 Å². The van der Waals surface area contributed by atoms with E-state index in [1.165, 1.54) is 0 Å². The molecule has 1 aromatic carbocycles. The monoisotopic (exact) mass is 273 g/mol. The normalized spacial score (nSPS) is 10.8. The molecular weight excluding hydrogens is 254 g/mol. The van der Waals surface area contributed by atoms with E-state index in [-0.39, 0.29) is 12.1 Å². The quantitative estimate of drug-likeness (QED) is 0.872. The highest BCUT2D eigenvalue weighted by atomic mass is 16.5. The van der Waals surface area contributed by atoms with Gasteiger partial charge >= 0.3 is 0 Å². The molecule has 5 heteroatoms. The Morgan fingerprint density at radius 2 is 2.15 bits per heavy atom. The van der Waals surface area contributed by atoms with Crippen molar-refractivity contribution in [3.05, 3.63) is 46.2 Å². The lowest BCUT2D eigenvalue weighted by Gasteiger charge is -2.10. The van der Waals surface area contributed by atoms with Gasteiger partial charge in [0.2, 0.25) is 0 Å². The van der Waals surface area contributed by atoms with E-state index in [0.717, 1.165) is 11.3 Å². The maximum absolute atomic E-state index is 11.5. The number of aromatic amines is 1. The Kier molecular flexibility index (Phi) is 4.53. The minimum absolute atomic E-state index is 0.189. The summed E-state index contributed by atoms with van der Waals surface area (Å²) in [6.45, 7) is 5.05. The van der Waals surface area contributed by atoms with Crippen LogP contribution in [-0.4, -0.2) is 16.8 Å². The fourth-order valence-electron chi connectivity index (χ4n) is 1.75. The molecule has 0 saturated carbocycles. The molecule has 2 aromatic rings. The minimum Gasteiger partial charge on any atom is -0.493 e. The maximum Gasteiger partial charge on any atom is 0.268 e. The summed E-state index contributed by atoms with van der Waals surface area (Å²) in [4.78, 5) is 11.5. The van der Waals surface area contributed by atoms with Crippen LogP contribution < -0.4 is 16.0 Å². The number of rotatable bonds is 5. The van der Waals surface area contributed by atoms with Gasteiger partial charge in [0.25, 0.3) is 5.56 Å². The molecule has 0 aliphatic carbocycles. The van der Waals surface area contributed by atoms with Gasteiger partial charge in [-0.3, -0.25) is 4.79 Å². The Labute approximate surface area is 117 Å². The van der Waals surface area contributed by atoms with E-state index in [9.17, 15) is 4.79 Å². The number of nitrogens with two attached hydrogens (primary N) is 1. The van der Waals surface area contributed by atoms with Crippen LogP contribution in [-0.2, 0) is 6.54 Å². The van der Waals surface area contributed by atoms with Gasteiger partial charge in [-0.15, -0.1) is 0 Å². The second-order valence-electron chi connectivity index (χ2n) is 5.04. The summed E-state index contributed by atoms with van der Waals surface area (Å²) in [6.07, 6.45) is 0. The molecule has 0 aliphatic rings. The molecule has 3 N–H and O–H groups in total. The average Bonchev–Trinajstić information content (AvgIpc) is 2.46. The van der Waals surface area contributed by atoms with Crippen molar-refractivity contribution in [2.45, 2.75) is 20.4 Å². The summed E-state index contributed by atoms with van der Waals surface area (Å²) in [6, 6.07) is 9.34. The third kappa shape index (κ3) is 3.45. The lowest BCUT2D eigenvalue weighted by atomic mass is 10.1. The Morgan fingerprint density at radius 3 is 2.85 bits per heavy atom. The van der Waals surface area contributed by atoms with Crippen LogP contribution in [0.3, 0.4) is 0 Å². The predicted octanol–water partition coefficient (Wildman–Crippen LogP) is 1.93. The molecule has 0 radical (unpaired) electrons. The molecule has 106 valence electrons. The van der Waals surface area contributed by atoms with Gasteiger partial charge in [-0.1, -0.05) is 26.0 Å². The summed E-state index contributed by atoms with van der Waals surface area (Å²) in [7, 11) is 0. The standard InChI is InChI=1S/C15H19N3O2/c1-10(2)9-20-13-5-3-4-11(6-13)14-7-12(8-16)15(19)18-17-14/h3-7,10H,8-9,16H2,1-2H3,(H,18,19). The summed E-state index contributed by atoms with van der Waals surface area (Å²) < 4.78 is 5.69. The zero-order chi connectivity index (χ0) is 14.5. The smallest absolute Gasteiger partial charge is 0.268 e. The number of hydrogen-bond acceptors (Lipinski definition) is 4. The van der Waals surface area contributed by atoms with Crippen LogP contribution in [0.25, 0.3) is 11.3 Å². The summed E-state index contributed by atoms with van der Waals surface area (Å²) >= 11 is 0. The molecule has 5 nitrogen and oxygen atoms in total. The zero-order valence-electron chi connectivity index (χ0n) is 11.7. The number of nitrogens with zero attached hydrogens (tertiary/aromatic N) is 1. The Hall–Kier alpha value is -2.14. The Balaban J connectivity index is 2.28.